The average molecular weight is 392 g/mol. The Bertz CT molecular complexity index is 1090. The maximum Gasteiger partial charge on any atom is 0.251 e. The van der Waals surface area contributed by atoms with Crippen LogP contribution in [0.15, 0.2) is 54.3 Å². The second-order valence-corrected chi connectivity index (χ2v) is 7.36. The quantitative estimate of drug-likeness (QED) is 0.504. The zero-order valence-corrected chi connectivity index (χ0v) is 16.2. The molecule has 0 radical (unpaired) electrons. The molecule has 0 saturated heterocycles. The van der Waals surface area contributed by atoms with Gasteiger partial charge in [0.15, 0.2) is 5.65 Å². The van der Waals surface area contributed by atoms with Crippen molar-refractivity contribution in [3.63, 3.8) is 0 Å². The number of nitrogens with one attached hydrogen (secondary N) is 2. The summed E-state index contributed by atoms with van der Waals surface area (Å²) in [6.45, 7) is 3.63. The molecular formula is C20H20N6OS. The van der Waals surface area contributed by atoms with Crippen LogP contribution < -0.4 is 10.6 Å². The lowest BCUT2D eigenvalue weighted by Gasteiger charge is -2.08. The molecule has 0 aliphatic heterocycles. The van der Waals surface area contributed by atoms with Crippen LogP contribution in [0.3, 0.4) is 0 Å². The summed E-state index contributed by atoms with van der Waals surface area (Å²) in [5.41, 5.74) is 2.39. The van der Waals surface area contributed by atoms with Gasteiger partial charge >= 0.3 is 0 Å². The summed E-state index contributed by atoms with van der Waals surface area (Å²) in [5.74, 6) is 0.677. The van der Waals surface area contributed by atoms with Crippen LogP contribution in [0.5, 0.6) is 0 Å². The number of nitrogens with zero attached hydrogens (tertiary/aromatic N) is 4. The molecule has 0 unspecified atom stereocenters. The molecular weight excluding hydrogens is 372 g/mol. The number of thiophene rings is 1. The van der Waals surface area contributed by atoms with Crippen LogP contribution in [-0.2, 0) is 13.1 Å². The van der Waals surface area contributed by atoms with Gasteiger partial charge in [0.25, 0.3) is 5.91 Å². The molecule has 7 nitrogen and oxygen atoms in total. The van der Waals surface area contributed by atoms with E-state index in [0.29, 0.717) is 25.2 Å². The van der Waals surface area contributed by atoms with E-state index in [1.165, 1.54) is 11.2 Å². The summed E-state index contributed by atoms with van der Waals surface area (Å²) >= 11 is 1.70. The normalized spacial score (nSPS) is 10.9. The van der Waals surface area contributed by atoms with E-state index in [2.05, 4.69) is 37.1 Å². The summed E-state index contributed by atoms with van der Waals surface area (Å²) in [4.78, 5) is 22.3. The second kappa shape index (κ2) is 8.18. The van der Waals surface area contributed by atoms with E-state index in [1.807, 2.05) is 37.3 Å². The number of amides is 1. The van der Waals surface area contributed by atoms with Gasteiger partial charge in [-0.25, -0.2) is 14.6 Å². The van der Waals surface area contributed by atoms with Crippen molar-refractivity contribution in [1.29, 1.82) is 0 Å². The van der Waals surface area contributed by atoms with Gasteiger partial charge in [0.1, 0.15) is 12.1 Å². The van der Waals surface area contributed by atoms with E-state index >= 15 is 0 Å². The Morgan fingerprint density at radius 1 is 1.18 bits per heavy atom. The summed E-state index contributed by atoms with van der Waals surface area (Å²) in [7, 11) is 0. The molecule has 0 saturated carbocycles. The number of carbonyl (C=O) groups is 1. The molecule has 1 amide bonds. The fourth-order valence-electron chi connectivity index (χ4n) is 2.98. The van der Waals surface area contributed by atoms with Crippen LogP contribution in [0.1, 0.15) is 20.8 Å². The van der Waals surface area contributed by atoms with Crippen molar-refractivity contribution in [1.82, 2.24) is 25.1 Å². The van der Waals surface area contributed by atoms with Crippen LogP contribution in [0, 0.1) is 6.92 Å². The summed E-state index contributed by atoms with van der Waals surface area (Å²) < 4.78 is 1.78. The van der Waals surface area contributed by atoms with Crippen LogP contribution in [0.25, 0.3) is 11.0 Å². The van der Waals surface area contributed by atoms with Gasteiger partial charge in [-0.1, -0.05) is 24.3 Å². The lowest BCUT2D eigenvalue weighted by Crippen LogP contribution is -2.28. The van der Waals surface area contributed by atoms with Gasteiger partial charge < -0.3 is 10.6 Å². The van der Waals surface area contributed by atoms with Crippen LogP contribution >= 0.6 is 11.3 Å². The van der Waals surface area contributed by atoms with Crippen molar-refractivity contribution in [3.05, 3.63) is 70.3 Å². The highest BCUT2D eigenvalue weighted by molar-refractivity contribution is 7.09. The van der Waals surface area contributed by atoms with Crippen LogP contribution in [0.2, 0.25) is 0 Å². The first kappa shape index (κ1) is 18.1. The van der Waals surface area contributed by atoms with Crippen LogP contribution in [0.4, 0.5) is 5.82 Å². The Balaban J connectivity index is 1.41. The first-order chi connectivity index (χ1) is 13.7. The molecule has 0 fully saturated rings. The topological polar surface area (TPSA) is 84.7 Å². The summed E-state index contributed by atoms with van der Waals surface area (Å²) in [5, 5.41) is 13.6. The lowest BCUT2D eigenvalue weighted by atomic mass is 10.1. The van der Waals surface area contributed by atoms with Gasteiger partial charge in [0.05, 0.1) is 24.7 Å². The van der Waals surface area contributed by atoms with Gasteiger partial charge in [0.2, 0.25) is 0 Å². The second-order valence-electron chi connectivity index (χ2n) is 6.33. The molecule has 4 aromatic rings. The van der Waals surface area contributed by atoms with Gasteiger partial charge in [0, 0.05) is 17.0 Å². The van der Waals surface area contributed by atoms with Crippen molar-refractivity contribution >= 4 is 34.1 Å². The molecule has 3 aromatic heterocycles. The molecule has 142 valence electrons. The predicted molar refractivity (Wildman–Crippen MR) is 110 cm³/mol. The van der Waals surface area contributed by atoms with Gasteiger partial charge in [-0.3, -0.25) is 4.79 Å². The molecule has 1 aromatic carbocycles. The number of carbonyl (C=O) groups excluding carboxylic acids is 1. The number of fused-ring (bicyclic) bond motifs is 1. The van der Waals surface area contributed by atoms with E-state index in [9.17, 15) is 4.79 Å². The predicted octanol–water partition coefficient (Wildman–Crippen LogP) is 3.24. The fourth-order valence-corrected chi connectivity index (χ4v) is 3.62. The number of anilines is 1. The molecule has 0 aliphatic carbocycles. The standard InChI is InChI=1S/C20H20N6OS/c1-14-5-2-3-7-16(14)20(27)21-8-9-26-19-17(12-25-26)18(23-13-24-19)22-11-15-6-4-10-28-15/h2-7,10,12-13H,8-9,11H2,1H3,(H,21,27)(H,22,23,24). The van der Waals surface area contributed by atoms with Crippen molar-refractivity contribution < 1.29 is 4.79 Å². The first-order valence-corrected chi connectivity index (χ1v) is 9.87. The van der Waals surface area contributed by atoms with E-state index in [0.717, 1.165) is 22.4 Å². The number of aromatic nitrogens is 4. The van der Waals surface area contributed by atoms with E-state index in [-0.39, 0.29) is 5.91 Å². The van der Waals surface area contributed by atoms with Crippen molar-refractivity contribution in [2.24, 2.45) is 0 Å². The molecule has 3 heterocycles. The fraction of sp³-hybridized carbons (Fsp3) is 0.200. The zero-order valence-electron chi connectivity index (χ0n) is 15.4. The molecule has 4 rings (SSSR count). The highest BCUT2D eigenvalue weighted by Crippen LogP contribution is 2.20. The number of aryl methyl sites for hydroxylation is 1. The van der Waals surface area contributed by atoms with Gasteiger partial charge in [-0.05, 0) is 30.0 Å². The lowest BCUT2D eigenvalue weighted by molar-refractivity contribution is 0.0951. The Morgan fingerprint density at radius 2 is 2.07 bits per heavy atom. The minimum absolute atomic E-state index is 0.0810. The average Bonchev–Trinajstić information content (AvgIpc) is 3.37. The Kier molecular flexibility index (Phi) is 5.29. The number of rotatable bonds is 7. The molecule has 0 bridgehead atoms. The molecule has 8 heteroatoms. The number of hydrogen-bond donors (Lipinski definition) is 2. The number of hydrogen-bond acceptors (Lipinski definition) is 6. The highest BCUT2D eigenvalue weighted by atomic mass is 32.1. The third-order valence-corrected chi connectivity index (χ3v) is 5.32. The third kappa shape index (κ3) is 3.86. The van der Waals surface area contributed by atoms with E-state index < -0.39 is 0 Å². The van der Waals surface area contributed by atoms with Gasteiger partial charge in [-0.2, -0.15) is 5.10 Å². The monoisotopic (exact) mass is 392 g/mol. The third-order valence-electron chi connectivity index (χ3n) is 4.44. The minimum atomic E-state index is -0.0810. The Hall–Kier alpha value is -3.26. The summed E-state index contributed by atoms with van der Waals surface area (Å²) in [6.07, 6.45) is 3.29. The first-order valence-electron chi connectivity index (χ1n) is 8.99. The zero-order chi connectivity index (χ0) is 19.3. The molecule has 2 N–H and O–H groups in total. The Morgan fingerprint density at radius 3 is 2.89 bits per heavy atom. The van der Waals surface area contributed by atoms with E-state index in [4.69, 9.17) is 0 Å². The largest absolute Gasteiger partial charge is 0.364 e. The molecule has 28 heavy (non-hydrogen) atoms. The minimum Gasteiger partial charge on any atom is -0.364 e. The maximum atomic E-state index is 12.3. The summed E-state index contributed by atoms with van der Waals surface area (Å²) in [6, 6.07) is 11.7. The highest BCUT2D eigenvalue weighted by Gasteiger charge is 2.11. The molecule has 0 atom stereocenters. The molecule has 0 aliphatic rings. The smallest absolute Gasteiger partial charge is 0.251 e. The van der Waals surface area contributed by atoms with Crippen molar-refractivity contribution in [2.75, 3.05) is 11.9 Å². The SMILES string of the molecule is Cc1ccccc1C(=O)NCCn1ncc2c(NCc3cccs3)ncnc21. The van der Waals surface area contributed by atoms with E-state index in [1.54, 1.807) is 22.2 Å². The van der Waals surface area contributed by atoms with Crippen molar-refractivity contribution in [3.8, 4) is 0 Å². The molecule has 0 spiro atoms. The maximum absolute atomic E-state index is 12.3. The van der Waals surface area contributed by atoms with Gasteiger partial charge in [-0.15, -0.1) is 11.3 Å². The van der Waals surface area contributed by atoms with Crippen LogP contribution in [-0.4, -0.2) is 32.2 Å². The van der Waals surface area contributed by atoms with Crippen molar-refractivity contribution in [2.45, 2.75) is 20.0 Å². The number of benzene rings is 1. The Labute approximate surface area is 166 Å².